The summed E-state index contributed by atoms with van der Waals surface area (Å²) in [7, 11) is 0. The molecule has 0 radical (unpaired) electrons. The van der Waals surface area contributed by atoms with Crippen LogP contribution in [0.4, 0.5) is 0 Å². The summed E-state index contributed by atoms with van der Waals surface area (Å²) in [4.78, 5) is 0. The summed E-state index contributed by atoms with van der Waals surface area (Å²) >= 11 is 0. The van der Waals surface area contributed by atoms with E-state index in [0.717, 1.165) is 19.3 Å². The lowest BCUT2D eigenvalue weighted by Crippen LogP contribution is -2.22. The highest BCUT2D eigenvalue weighted by Gasteiger charge is 2.11. The van der Waals surface area contributed by atoms with E-state index >= 15 is 0 Å². The van der Waals surface area contributed by atoms with E-state index in [0.29, 0.717) is 6.04 Å². The van der Waals surface area contributed by atoms with E-state index in [1.807, 2.05) is 6.07 Å². The Morgan fingerprint density at radius 1 is 1.15 bits per heavy atom. The van der Waals surface area contributed by atoms with Gasteiger partial charge in [-0.3, -0.25) is 0 Å². The standard InChI is InChI=1S/C12H15N/c13-12-8-4-7-11(9-12)10-5-2-1-3-6-10/h1-3,5-7,12H,4,8-9,13H2/t12-/m0/s1. The average molecular weight is 173 g/mol. The van der Waals surface area contributed by atoms with Crippen molar-refractivity contribution in [2.75, 3.05) is 0 Å². The predicted octanol–water partition coefficient (Wildman–Crippen LogP) is 2.58. The van der Waals surface area contributed by atoms with Crippen molar-refractivity contribution in [3.05, 3.63) is 42.0 Å². The van der Waals surface area contributed by atoms with Crippen LogP contribution in [-0.2, 0) is 0 Å². The lowest BCUT2D eigenvalue weighted by atomic mass is 9.91. The second-order valence-corrected chi connectivity index (χ2v) is 3.64. The Morgan fingerprint density at radius 2 is 1.92 bits per heavy atom. The highest BCUT2D eigenvalue weighted by atomic mass is 14.6. The maximum Gasteiger partial charge on any atom is 0.00823 e. The maximum absolute atomic E-state index is 5.92. The number of allylic oxidation sites excluding steroid dienone is 1. The molecule has 0 bridgehead atoms. The van der Waals surface area contributed by atoms with Crippen LogP contribution < -0.4 is 5.73 Å². The van der Waals surface area contributed by atoms with E-state index in [1.165, 1.54) is 11.1 Å². The number of hydrogen-bond acceptors (Lipinski definition) is 1. The Kier molecular flexibility index (Phi) is 2.46. The molecule has 2 rings (SSSR count). The molecular formula is C12H15N. The van der Waals surface area contributed by atoms with Crippen LogP contribution in [0.15, 0.2) is 36.4 Å². The third-order valence-electron chi connectivity index (χ3n) is 2.55. The van der Waals surface area contributed by atoms with E-state index in [2.05, 4.69) is 30.3 Å². The first-order chi connectivity index (χ1) is 6.36. The fourth-order valence-corrected chi connectivity index (χ4v) is 1.83. The summed E-state index contributed by atoms with van der Waals surface area (Å²) < 4.78 is 0. The number of rotatable bonds is 1. The van der Waals surface area contributed by atoms with E-state index in [1.54, 1.807) is 0 Å². The van der Waals surface area contributed by atoms with Crippen LogP contribution >= 0.6 is 0 Å². The lowest BCUT2D eigenvalue weighted by Gasteiger charge is -2.19. The molecular weight excluding hydrogens is 158 g/mol. The first-order valence-corrected chi connectivity index (χ1v) is 4.86. The fraction of sp³-hybridized carbons (Fsp3) is 0.333. The highest BCUT2D eigenvalue weighted by molar-refractivity contribution is 5.66. The van der Waals surface area contributed by atoms with Crippen molar-refractivity contribution in [3.8, 4) is 0 Å². The Balaban J connectivity index is 2.22. The molecule has 1 aromatic rings. The Morgan fingerprint density at radius 3 is 2.62 bits per heavy atom. The topological polar surface area (TPSA) is 26.0 Å². The molecule has 0 saturated carbocycles. The molecule has 1 nitrogen and oxygen atoms in total. The van der Waals surface area contributed by atoms with E-state index in [-0.39, 0.29) is 0 Å². The van der Waals surface area contributed by atoms with Crippen LogP contribution in [-0.4, -0.2) is 6.04 Å². The summed E-state index contributed by atoms with van der Waals surface area (Å²) in [5, 5.41) is 0. The molecule has 0 aliphatic heterocycles. The second-order valence-electron chi connectivity index (χ2n) is 3.64. The Labute approximate surface area is 79.3 Å². The van der Waals surface area contributed by atoms with Crippen LogP contribution in [0.1, 0.15) is 24.8 Å². The van der Waals surface area contributed by atoms with Gasteiger partial charge in [-0.2, -0.15) is 0 Å². The minimum atomic E-state index is 0.361. The monoisotopic (exact) mass is 173 g/mol. The summed E-state index contributed by atoms with van der Waals surface area (Å²) in [6.07, 6.45) is 5.62. The summed E-state index contributed by atoms with van der Waals surface area (Å²) in [5.74, 6) is 0. The largest absolute Gasteiger partial charge is 0.327 e. The molecule has 1 aromatic carbocycles. The molecule has 0 heterocycles. The quantitative estimate of drug-likeness (QED) is 0.694. The van der Waals surface area contributed by atoms with Gasteiger partial charge in [-0.1, -0.05) is 36.4 Å². The zero-order valence-electron chi connectivity index (χ0n) is 7.74. The van der Waals surface area contributed by atoms with Crippen LogP contribution in [0.2, 0.25) is 0 Å². The van der Waals surface area contributed by atoms with Gasteiger partial charge in [-0.05, 0) is 30.4 Å². The van der Waals surface area contributed by atoms with Gasteiger partial charge in [-0.15, -0.1) is 0 Å². The SMILES string of the molecule is N[C@H]1CCC=C(c2ccccc2)C1. The molecule has 0 unspecified atom stereocenters. The predicted molar refractivity (Wildman–Crippen MR) is 56.2 cm³/mol. The molecule has 68 valence electrons. The van der Waals surface area contributed by atoms with Gasteiger partial charge in [0.25, 0.3) is 0 Å². The maximum atomic E-state index is 5.92. The molecule has 1 atom stereocenters. The smallest absolute Gasteiger partial charge is 0.00823 e. The van der Waals surface area contributed by atoms with Crippen LogP contribution in [0.25, 0.3) is 5.57 Å². The highest BCUT2D eigenvalue weighted by Crippen LogP contribution is 2.25. The lowest BCUT2D eigenvalue weighted by molar-refractivity contribution is 0.616. The van der Waals surface area contributed by atoms with Crippen LogP contribution in [0.3, 0.4) is 0 Å². The molecule has 13 heavy (non-hydrogen) atoms. The average Bonchev–Trinajstić information content (AvgIpc) is 2.19. The van der Waals surface area contributed by atoms with Gasteiger partial charge in [-0.25, -0.2) is 0 Å². The molecule has 0 aromatic heterocycles. The number of hydrogen-bond donors (Lipinski definition) is 1. The van der Waals surface area contributed by atoms with Crippen LogP contribution in [0, 0.1) is 0 Å². The fourth-order valence-electron chi connectivity index (χ4n) is 1.83. The first kappa shape index (κ1) is 8.52. The first-order valence-electron chi connectivity index (χ1n) is 4.86. The van der Waals surface area contributed by atoms with Crippen LogP contribution in [0.5, 0.6) is 0 Å². The van der Waals surface area contributed by atoms with E-state index < -0.39 is 0 Å². The van der Waals surface area contributed by atoms with Gasteiger partial charge in [0.2, 0.25) is 0 Å². The van der Waals surface area contributed by atoms with E-state index in [9.17, 15) is 0 Å². The summed E-state index contributed by atoms with van der Waals surface area (Å²) in [6, 6.07) is 10.9. The third-order valence-corrected chi connectivity index (χ3v) is 2.55. The van der Waals surface area contributed by atoms with Gasteiger partial charge >= 0.3 is 0 Å². The zero-order chi connectivity index (χ0) is 9.10. The van der Waals surface area contributed by atoms with Crippen molar-refractivity contribution in [2.24, 2.45) is 5.73 Å². The third kappa shape index (κ3) is 1.99. The Bertz CT molecular complexity index is 300. The molecule has 2 N–H and O–H groups in total. The van der Waals surface area contributed by atoms with Gasteiger partial charge in [0.05, 0.1) is 0 Å². The summed E-state index contributed by atoms with van der Waals surface area (Å²) in [5.41, 5.74) is 8.67. The van der Waals surface area contributed by atoms with Crippen molar-refractivity contribution >= 4 is 5.57 Å². The number of benzene rings is 1. The molecule has 1 aliphatic carbocycles. The van der Waals surface area contributed by atoms with Crippen molar-refractivity contribution < 1.29 is 0 Å². The molecule has 0 spiro atoms. The molecule has 0 fully saturated rings. The zero-order valence-corrected chi connectivity index (χ0v) is 7.74. The minimum Gasteiger partial charge on any atom is -0.327 e. The second kappa shape index (κ2) is 3.75. The van der Waals surface area contributed by atoms with Crippen molar-refractivity contribution in [1.82, 2.24) is 0 Å². The number of nitrogens with two attached hydrogens (primary N) is 1. The van der Waals surface area contributed by atoms with Gasteiger partial charge in [0.1, 0.15) is 0 Å². The molecule has 1 heteroatoms. The molecule has 0 amide bonds. The van der Waals surface area contributed by atoms with Gasteiger partial charge in [0.15, 0.2) is 0 Å². The minimum absolute atomic E-state index is 0.361. The molecule has 0 saturated heterocycles. The van der Waals surface area contributed by atoms with Crippen molar-refractivity contribution in [3.63, 3.8) is 0 Å². The van der Waals surface area contributed by atoms with Crippen molar-refractivity contribution in [1.29, 1.82) is 0 Å². The summed E-state index contributed by atoms with van der Waals surface area (Å²) in [6.45, 7) is 0. The molecule has 1 aliphatic rings. The Hall–Kier alpha value is -1.08. The van der Waals surface area contributed by atoms with Crippen molar-refractivity contribution in [2.45, 2.75) is 25.3 Å². The normalized spacial score (nSPS) is 22.5. The van der Waals surface area contributed by atoms with E-state index in [4.69, 9.17) is 5.73 Å². The van der Waals surface area contributed by atoms with Gasteiger partial charge in [0, 0.05) is 6.04 Å². The van der Waals surface area contributed by atoms with Gasteiger partial charge < -0.3 is 5.73 Å².